The standard InChI is InChI=1S/C23H19F3N6O/c1-30-22(12-8-15(24)20(26)16(25)9-12)14-10-13-4-2-5-17(21(14)29-30)31(13)23(33)18-11-27-19-6-3-7-28-32(18)19/h3,6-9,11,13,17H,2,4-5,10H2,1H3/t13-,17+/m0/s1. The molecule has 0 aliphatic carbocycles. The van der Waals surface area contributed by atoms with Gasteiger partial charge in [-0.15, -0.1) is 0 Å². The first-order chi connectivity index (χ1) is 15.9. The molecule has 0 saturated carbocycles. The average molecular weight is 452 g/mol. The minimum absolute atomic E-state index is 0.101. The van der Waals surface area contributed by atoms with Gasteiger partial charge in [-0.1, -0.05) is 0 Å². The van der Waals surface area contributed by atoms with Gasteiger partial charge in [0, 0.05) is 30.4 Å². The predicted molar refractivity (Wildman–Crippen MR) is 112 cm³/mol. The summed E-state index contributed by atoms with van der Waals surface area (Å²) in [5.41, 5.74) is 3.30. The molecule has 0 unspecified atom stereocenters. The number of aryl methyl sites for hydroxylation is 1. The van der Waals surface area contributed by atoms with Crippen molar-refractivity contribution < 1.29 is 18.0 Å². The van der Waals surface area contributed by atoms with E-state index in [4.69, 9.17) is 0 Å². The SMILES string of the molecule is Cn1nc2c(c1-c1cc(F)c(F)c(F)c1)C[C@@H]1CCC[C@H]2N1C(=O)c1cnc2cccnn12. The van der Waals surface area contributed by atoms with Gasteiger partial charge >= 0.3 is 0 Å². The summed E-state index contributed by atoms with van der Waals surface area (Å²) in [4.78, 5) is 19.8. The molecule has 2 aliphatic rings. The summed E-state index contributed by atoms with van der Waals surface area (Å²) in [6.45, 7) is 0. The molecule has 10 heteroatoms. The highest BCUT2D eigenvalue weighted by Crippen LogP contribution is 2.45. The Morgan fingerprint density at radius 3 is 2.73 bits per heavy atom. The monoisotopic (exact) mass is 452 g/mol. The van der Waals surface area contributed by atoms with E-state index in [9.17, 15) is 18.0 Å². The first-order valence-corrected chi connectivity index (χ1v) is 10.8. The van der Waals surface area contributed by atoms with E-state index in [2.05, 4.69) is 15.2 Å². The van der Waals surface area contributed by atoms with Gasteiger partial charge in [0.25, 0.3) is 5.91 Å². The van der Waals surface area contributed by atoms with Gasteiger partial charge in [0.05, 0.1) is 23.6 Å². The Morgan fingerprint density at radius 1 is 1.15 bits per heavy atom. The van der Waals surface area contributed by atoms with Crippen molar-refractivity contribution in [3.63, 3.8) is 0 Å². The fourth-order valence-electron chi connectivity index (χ4n) is 5.31. The van der Waals surface area contributed by atoms with Gasteiger partial charge in [0.15, 0.2) is 28.8 Å². The molecule has 1 saturated heterocycles. The van der Waals surface area contributed by atoms with Crippen LogP contribution in [0.4, 0.5) is 13.2 Å². The van der Waals surface area contributed by atoms with Gasteiger partial charge in [0.1, 0.15) is 0 Å². The summed E-state index contributed by atoms with van der Waals surface area (Å²) in [5.74, 6) is -4.15. The molecule has 33 heavy (non-hydrogen) atoms. The number of aromatic nitrogens is 5. The number of piperidine rings is 1. The number of fused-ring (bicyclic) bond motifs is 5. The minimum Gasteiger partial charge on any atom is -0.325 e. The van der Waals surface area contributed by atoms with E-state index in [0.717, 1.165) is 37.0 Å². The van der Waals surface area contributed by atoms with E-state index in [1.165, 1.54) is 10.7 Å². The third-order valence-electron chi connectivity index (χ3n) is 6.66. The van der Waals surface area contributed by atoms with Crippen LogP contribution in [-0.4, -0.2) is 41.2 Å². The number of halogens is 3. The van der Waals surface area contributed by atoms with Crippen LogP contribution in [0.5, 0.6) is 0 Å². The van der Waals surface area contributed by atoms with Crippen LogP contribution in [0.25, 0.3) is 16.9 Å². The van der Waals surface area contributed by atoms with E-state index in [1.807, 2.05) is 4.90 Å². The summed E-state index contributed by atoms with van der Waals surface area (Å²) in [5, 5.41) is 8.91. The topological polar surface area (TPSA) is 68.3 Å². The van der Waals surface area contributed by atoms with E-state index in [0.29, 0.717) is 29.1 Å². The number of nitrogens with zero attached hydrogens (tertiary/aromatic N) is 6. The first kappa shape index (κ1) is 20.0. The maximum absolute atomic E-state index is 14.0. The predicted octanol–water partition coefficient (Wildman–Crippen LogP) is 3.84. The van der Waals surface area contributed by atoms with Gasteiger partial charge < -0.3 is 4.90 Å². The van der Waals surface area contributed by atoms with Crippen molar-refractivity contribution in [1.82, 2.24) is 29.3 Å². The number of hydrogen-bond donors (Lipinski definition) is 0. The van der Waals surface area contributed by atoms with Crippen LogP contribution in [0, 0.1) is 17.5 Å². The quantitative estimate of drug-likeness (QED) is 0.434. The van der Waals surface area contributed by atoms with Crippen molar-refractivity contribution in [3.05, 3.63) is 71.1 Å². The Bertz CT molecular complexity index is 1400. The molecule has 0 N–H and O–H groups in total. The molecular weight excluding hydrogens is 433 g/mol. The fraction of sp³-hybridized carbons (Fsp3) is 0.304. The molecule has 2 aliphatic heterocycles. The third-order valence-corrected chi connectivity index (χ3v) is 6.66. The molecule has 0 radical (unpaired) electrons. The molecule has 7 nitrogen and oxygen atoms in total. The summed E-state index contributed by atoms with van der Waals surface area (Å²) >= 11 is 0. The smallest absolute Gasteiger partial charge is 0.275 e. The first-order valence-electron chi connectivity index (χ1n) is 10.8. The molecule has 3 aromatic heterocycles. The van der Waals surface area contributed by atoms with Gasteiger partial charge in [-0.05, 0) is 49.9 Å². The summed E-state index contributed by atoms with van der Waals surface area (Å²) in [6, 6.07) is 5.15. The highest BCUT2D eigenvalue weighted by molar-refractivity contribution is 5.94. The summed E-state index contributed by atoms with van der Waals surface area (Å²) in [7, 11) is 1.69. The van der Waals surface area contributed by atoms with Crippen LogP contribution in [0.2, 0.25) is 0 Å². The van der Waals surface area contributed by atoms with Crippen LogP contribution in [0.3, 0.4) is 0 Å². The van der Waals surface area contributed by atoms with E-state index < -0.39 is 17.5 Å². The number of amides is 1. The molecule has 1 amide bonds. The number of carbonyl (C=O) groups excluding carboxylic acids is 1. The zero-order valence-electron chi connectivity index (χ0n) is 17.7. The van der Waals surface area contributed by atoms with Crippen molar-refractivity contribution >= 4 is 11.6 Å². The van der Waals surface area contributed by atoms with Gasteiger partial charge in [0.2, 0.25) is 0 Å². The van der Waals surface area contributed by atoms with Crippen LogP contribution >= 0.6 is 0 Å². The number of hydrogen-bond acceptors (Lipinski definition) is 4. The molecule has 2 bridgehead atoms. The zero-order valence-corrected chi connectivity index (χ0v) is 17.7. The molecule has 1 aromatic carbocycles. The number of imidazole rings is 1. The molecular formula is C23H19F3N6O. The molecule has 0 spiro atoms. The van der Waals surface area contributed by atoms with E-state index >= 15 is 0 Å². The zero-order chi connectivity index (χ0) is 22.9. The van der Waals surface area contributed by atoms with Crippen molar-refractivity contribution in [2.75, 3.05) is 0 Å². The van der Waals surface area contributed by atoms with E-state index in [-0.39, 0.29) is 23.6 Å². The average Bonchev–Trinajstić information content (AvgIpc) is 3.37. The van der Waals surface area contributed by atoms with Crippen LogP contribution in [0.15, 0.2) is 36.7 Å². The number of benzene rings is 1. The van der Waals surface area contributed by atoms with Crippen LogP contribution in [0.1, 0.15) is 47.1 Å². The lowest BCUT2D eigenvalue weighted by molar-refractivity contribution is 0.0383. The van der Waals surface area contributed by atoms with Crippen molar-refractivity contribution in [1.29, 1.82) is 0 Å². The Hall–Kier alpha value is -3.69. The minimum atomic E-state index is -1.50. The van der Waals surface area contributed by atoms with Gasteiger partial charge in [-0.2, -0.15) is 10.2 Å². The normalized spacial score (nSPS) is 19.7. The van der Waals surface area contributed by atoms with E-state index in [1.54, 1.807) is 30.1 Å². The Labute approximate surface area is 186 Å². The Kier molecular flexibility index (Phi) is 4.33. The Morgan fingerprint density at radius 2 is 1.94 bits per heavy atom. The molecule has 2 atom stereocenters. The number of carbonyl (C=O) groups is 1. The lowest BCUT2D eigenvalue weighted by Gasteiger charge is -2.45. The maximum Gasteiger partial charge on any atom is 0.275 e. The molecule has 168 valence electrons. The number of rotatable bonds is 2. The van der Waals surface area contributed by atoms with Crippen molar-refractivity contribution in [3.8, 4) is 11.3 Å². The molecule has 5 heterocycles. The second-order valence-electron chi connectivity index (χ2n) is 8.54. The van der Waals surface area contributed by atoms with Crippen LogP contribution in [-0.2, 0) is 13.5 Å². The lowest BCUT2D eigenvalue weighted by Crippen LogP contribution is -2.50. The largest absolute Gasteiger partial charge is 0.325 e. The lowest BCUT2D eigenvalue weighted by atomic mass is 9.81. The second kappa shape index (κ2) is 7.16. The fourth-order valence-corrected chi connectivity index (χ4v) is 5.31. The van der Waals surface area contributed by atoms with Gasteiger partial charge in [-0.25, -0.2) is 22.7 Å². The third kappa shape index (κ3) is 2.89. The highest BCUT2D eigenvalue weighted by Gasteiger charge is 2.44. The van der Waals surface area contributed by atoms with Crippen molar-refractivity contribution in [2.45, 2.75) is 37.8 Å². The molecule has 1 fully saturated rings. The van der Waals surface area contributed by atoms with Gasteiger partial charge in [-0.3, -0.25) is 9.48 Å². The van der Waals surface area contributed by atoms with Crippen LogP contribution < -0.4 is 0 Å². The highest BCUT2D eigenvalue weighted by atomic mass is 19.2. The summed E-state index contributed by atoms with van der Waals surface area (Å²) < 4.78 is 44.6. The summed E-state index contributed by atoms with van der Waals surface area (Å²) in [6.07, 6.45) is 6.09. The second-order valence-corrected chi connectivity index (χ2v) is 8.54. The maximum atomic E-state index is 14.0. The molecule has 6 rings (SSSR count). The molecule has 4 aromatic rings. The Balaban J connectivity index is 1.45. The van der Waals surface area contributed by atoms with Crippen molar-refractivity contribution in [2.24, 2.45) is 7.05 Å².